The Bertz CT molecular complexity index is 414. The Morgan fingerprint density at radius 1 is 1.29 bits per heavy atom. The normalized spacial score (nSPS) is 29.2. The van der Waals surface area contributed by atoms with Crippen LogP contribution in [0.15, 0.2) is 0 Å². The third-order valence-electron chi connectivity index (χ3n) is 3.72. The zero-order chi connectivity index (χ0) is 12.0. The highest BCUT2D eigenvalue weighted by Crippen LogP contribution is 2.44. The van der Waals surface area contributed by atoms with E-state index in [4.69, 9.17) is 16.3 Å². The standard InChI is InChI=1S/C12H18ClN3O/c1-7(2)11-14-15-12(13)16(11)9-5-6-17-10(9)8-3-4-8/h7-10H,3-6H2,1-2H3. The van der Waals surface area contributed by atoms with Gasteiger partial charge in [0.1, 0.15) is 5.82 Å². The van der Waals surface area contributed by atoms with Gasteiger partial charge in [-0.1, -0.05) is 13.8 Å². The lowest BCUT2D eigenvalue weighted by Crippen LogP contribution is -2.24. The first-order valence-electron chi connectivity index (χ1n) is 6.40. The zero-order valence-corrected chi connectivity index (χ0v) is 11.0. The third-order valence-corrected chi connectivity index (χ3v) is 3.98. The summed E-state index contributed by atoms with van der Waals surface area (Å²) in [5.74, 6) is 2.05. The van der Waals surface area contributed by atoms with Crippen LogP contribution in [0.1, 0.15) is 50.9 Å². The summed E-state index contributed by atoms with van der Waals surface area (Å²) in [4.78, 5) is 0. The van der Waals surface area contributed by atoms with Crippen LogP contribution in [0.2, 0.25) is 5.28 Å². The maximum Gasteiger partial charge on any atom is 0.225 e. The second-order valence-electron chi connectivity index (χ2n) is 5.38. The average molecular weight is 256 g/mol. The second kappa shape index (κ2) is 4.25. The van der Waals surface area contributed by atoms with E-state index in [2.05, 4.69) is 28.6 Å². The van der Waals surface area contributed by atoms with Crippen molar-refractivity contribution in [3.05, 3.63) is 11.1 Å². The zero-order valence-electron chi connectivity index (χ0n) is 10.3. The number of halogens is 1. The monoisotopic (exact) mass is 255 g/mol. The van der Waals surface area contributed by atoms with Gasteiger partial charge in [0.05, 0.1) is 12.1 Å². The van der Waals surface area contributed by atoms with E-state index in [9.17, 15) is 0 Å². The largest absolute Gasteiger partial charge is 0.376 e. The van der Waals surface area contributed by atoms with E-state index < -0.39 is 0 Å². The van der Waals surface area contributed by atoms with E-state index in [0.717, 1.165) is 24.8 Å². The Labute approximate surface area is 106 Å². The van der Waals surface area contributed by atoms with Crippen molar-refractivity contribution in [2.24, 2.45) is 5.92 Å². The van der Waals surface area contributed by atoms with Crippen molar-refractivity contribution in [1.82, 2.24) is 14.8 Å². The molecule has 0 aromatic carbocycles. The van der Waals surface area contributed by atoms with Crippen LogP contribution in [-0.2, 0) is 4.74 Å². The number of hydrogen-bond acceptors (Lipinski definition) is 3. The Morgan fingerprint density at radius 3 is 2.71 bits per heavy atom. The van der Waals surface area contributed by atoms with Crippen molar-refractivity contribution in [2.75, 3.05) is 6.61 Å². The third kappa shape index (κ3) is 1.97. The summed E-state index contributed by atoms with van der Waals surface area (Å²) in [5.41, 5.74) is 0. The summed E-state index contributed by atoms with van der Waals surface area (Å²) in [6.07, 6.45) is 3.93. The average Bonchev–Trinajstić information content (AvgIpc) is 2.88. The molecule has 2 fully saturated rings. The van der Waals surface area contributed by atoms with Gasteiger partial charge in [-0.15, -0.1) is 10.2 Å². The number of hydrogen-bond donors (Lipinski definition) is 0. The number of rotatable bonds is 3. The van der Waals surface area contributed by atoms with E-state index in [1.54, 1.807) is 0 Å². The molecular weight excluding hydrogens is 238 g/mol. The Balaban J connectivity index is 1.94. The molecule has 2 unspecified atom stereocenters. The molecule has 1 aliphatic heterocycles. The molecule has 2 atom stereocenters. The summed E-state index contributed by atoms with van der Waals surface area (Å²) in [6, 6.07) is 0.336. The lowest BCUT2D eigenvalue weighted by Gasteiger charge is -2.22. The first kappa shape index (κ1) is 11.5. The van der Waals surface area contributed by atoms with Gasteiger partial charge in [-0.05, 0) is 36.8 Å². The molecule has 0 spiro atoms. The molecule has 1 saturated heterocycles. The highest BCUT2D eigenvalue weighted by Gasteiger charge is 2.43. The lowest BCUT2D eigenvalue weighted by molar-refractivity contribution is 0.0744. The minimum Gasteiger partial charge on any atom is -0.376 e. The summed E-state index contributed by atoms with van der Waals surface area (Å²) in [6.45, 7) is 5.08. The summed E-state index contributed by atoms with van der Waals surface area (Å²) in [5, 5.41) is 8.73. The highest BCUT2D eigenvalue weighted by atomic mass is 35.5. The molecule has 3 rings (SSSR count). The maximum atomic E-state index is 6.19. The molecule has 5 heteroatoms. The second-order valence-corrected chi connectivity index (χ2v) is 5.72. The molecule has 0 radical (unpaired) electrons. The molecule has 4 nitrogen and oxygen atoms in total. The predicted octanol–water partition coefficient (Wildman–Crippen LogP) is 2.79. The van der Waals surface area contributed by atoms with Crippen molar-refractivity contribution in [1.29, 1.82) is 0 Å². The molecule has 17 heavy (non-hydrogen) atoms. The Morgan fingerprint density at radius 2 is 2.06 bits per heavy atom. The van der Waals surface area contributed by atoms with Crippen LogP contribution in [0.25, 0.3) is 0 Å². The molecule has 94 valence electrons. The van der Waals surface area contributed by atoms with Gasteiger partial charge in [0, 0.05) is 12.5 Å². The Hall–Kier alpha value is -0.610. The predicted molar refractivity (Wildman–Crippen MR) is 65.2 cm³/mol. The maximum absolute atomic E-state index is 6.19. The molecule has 1 saturated carbocycles. The number of ether oxygens (including phenoxy) is 1. The van der Waals surface area contributed by atoms with Crippen LogP contribution in [0.5, 0.6) is 0 Å². The van der Waals surface area contributed by atoms with Gasteiger partial charge in [0.2, 0.25) is 5.28 Å². The van der Waals surface area contributed by atoms with Crippen LogP contribution < -0.4 is 0 Å². The first-order valence-corrected chi connectivity index (χ1v) is 6.78. The van der Waals surface area contributed by atoms with Gasteiger partial charge in [-0.25, -0.2) is 0 Å². The van der Waals surface area contributed by atoms with Crippen LogP contribution in [-0.4, -0.2) is 27.5 Å². The number of aromatic nitrogens is 3. The van der Waals surface area contributed by atoms with Gasteiger partial charge in [0.15, 0.2) is 0 Å². The highest BCUT2D eigenvalue weighted by molar-refractivity contribution is 6.28. The van der Waals surface area contributed by atoms with Crippen LogP contribution in [0.4, 0.5) is 0 Å². The van der Waals surface area contributed by atoms with Crippen LogP contribution in [0, 0.1) is 5.92 Å². The molecule has 0 amide bonds. The first-order chi connectivity index (χ1) is 8.18. The quantitative estimate of drug-likeness (QED) is 0.834. The minimum absolute atomic E-state index is 0.320. The van der Waals surface area contributed by atoms with E-state index in [1.165, 1.54) is 12.8 Å². The van der Waals surface area contributed by atoms with Crippen molar-refractivity contribution in [3.63, 3.8) is 0 Å². The van der Waals surface area contributed by atoms with E-state index >= 15 is 0 Å². The molecule has 1 aromatic heterocycles. The van der Waals surface area contributed by atoms with Gasteiger partial charge in [0.25, 0.3) is 0 Å². The fourth-order valence-electron chi connectivity index (χ4n) is 2.73. The molecular formula is C12H18ClN3O. The van der Waals surface area contributed by atoms with E-state index in [0.29, 0.717) is 23.3 Å². The number of nitrogens with zero attached hydrogens (tertiary/aromatic N) is 3. The molecule has 2 aliphatic rings. The van der Waals surface area contributed by atoms with E-state index in [1.807, 2.05) is 0 Å². The van der Waals surface area contributed by atoms with Crippen molar-refractivity contribution >= 4 is 11.6 Å². The fraction of sp³-hybridized carbons (Fsp3) is 0.833. The molecule has 0 bridgehead atoms. The van der Waals surface area contributed by atoms with Crippen molar-refractivity contribution in [3.8, 4) is 0 Å². The lowest BCUT2D eigenvalue weighted by atomic mass is 10.1. The topological polar surface area (TPSA) is 39.9 Å². The van der Waals surface area contributed by atoms with Gasteiger partial charge in [-0.2, -0.15) is 0 Å². The fourth-order valence-corrected chi connectivity index (χ4v) is 2.98. The smallest absolute Gasteiger partial charge is 0.225 e. The van der Waals surface area contributed by atoms with E-state index in [-0.39, 0.29) is 0 Å². The van der Waals surface area contributed by atoms with Crippen molar-refractivity contribution < 1.29 is 4.74 Å². The summed E-state index contributed by atoms with van der Waals surface area (Å²) in [7, 11) is 0. The minimum atomic E-state index is 0.320. The van der Waals surface area contributed by atoms with Crippen LogP contribution in [0.3, 0.4) is 0 Å². The molecule has 1 aromatic rings. The van der Waals surface area contributed by atoms with Crippen LogP contribution >= 0.6 is 11.6 Å². The van der Waals surface area contributed by atoms with Gasteiger partial charge >= 0.3 is 0 Å². The molecule has 0 N–H and O–H groups in total. The van der Waals surface area contributed by atoms with Gasteiger partial charge < -0.3 is 4.74 Å². The summed E-state index contributed by atoms with van der Waals surface area (Å²) < 4.78 is 7.97. The Kier molecular flexibility index (Phi) is 2.87. The molecule has 2 heterocycles. The summed E-state index contributed by atoms with van der Waals surface area (Å²) >= 11 is 6.19. The van der Waals surface area contributed by atoms with Crippen molar-refractivity contribution in [2.45, 2.75) is 51.2 Å². The van der Waals surface area contributed by atoms with Gasteiger partial charge in [-0.3, -0.25) is 4.57 Å². The SMILES string of the molecule is CC(C)c1nnc(Cl)n1C1CCOC1C1CC1. The molecule has 1 aliphatic carbocycles.